The molecule has 3 aliphatic rings. The van der Waals surface area contributed by atoms with Crippen molar-refractivity contribution in [2.75, 3.05) is 13.1 Å². The molecular formula is C18H23FN2O. The Morgan fingerprint density at radius 2 is 2.09 bits per heavy atom. The molecule has 1 amide bonds. The van der Waals surface area contributed by atoms with E-state index in [2.05, 4.69) is 5.32 Å². The maximum Gasteiger partial charge on any atom is 0.226 e. The molecule has 0 radical (unpaired) electrons. The summed E-state index contributed by atoms with van der Waals surface area (Å²) in [5, 5.41) is 3.38. The van der Waals surface area contributed by atoms with Gasteiger partial charge in [-0.2, -0.15) is 0 Å². The largest absolute Gasteiger partial charge is 0.335 e. The standard InChI is InChI=1S/C18H23FN2O/c19-14-3-1-2-13(10-14)12-21(15-4-5-15)17(22)16-11-18(16)6-8-20-9-7-18/h1-3,10,15-16,20H,4-9,11-12H2. The normalized spacial score (nSPS) is 26.0. The van der Waals surface area contributed by atoms with Gasteiger partial charge in [-0.1, -0.05) is 12.1 Å². The van der Waals surface area contributed by atoms with Crippen molar-refractivity contribution >= 4 is 5.91 Å². The van der Waals surface area contributed by atoms with Crippen LogP contribution in [0.2, 0.25) is 0 Å². The lowest BCUT2D eigenvalue weighted by molar-refractivity contribution is -0.134. The Hall–Kier alpha value is -1.42. The van der Waals surface area contributed by atoms with Crippen LogP contribution in [0.4, 0.5) is 4.39 Å². The second kappa shape index (κ2) is 5.34. The first-order chi connectivity index (χ1) is 10.7. The number of hydrogen-bond acceptors (Lipinski definition) is 2. The molecule has 3 fully saturated rings. The topological polar surface area (TPSA) is 32.3 Å². The zero-order valence-corrected chi connectivity index (χ0v) is 12.9. The number of rotatable bonds is 4. The SMILES string of the molecule is O=C(C1CC12CCNCC2)N(Cc1cccc(F)c1)C1CC1. The van der Waals surface area contributed by atoms with Gasteiger partial charge in [-0.05, 0) is 68.3 Å². The Balaban J connectivity index is 1.47. The fraction of sp³-hybridized carbons (Fsp3) is 0.611. The molecule has 1 atom stereocenters. The summed E-state index contributed by atoms with van der Waals surface area (Å²) in [6, 6.07) is 7.04. The van der Waals surface area contributed by atoms with Crippen molar-refractivity contribution in [3.8, 4) is 0 Å². The predicted octanol–water partition coefficient (Wildman–Crippen LogP) is 2.71. The average Bonchev–Trinajstić information content (AvgIpc) is 3.42. The van der Waals surface area contributed by atoms with Gasteiger partial charge < -0.3 is 10.2 Å². The predicted molar refractivity (Wildman–Crippen MR) is 82.6 cm³/mol. The van der Waals surface area contributed by atoms with Crippen molar-refractivity contribution in [1.82, 2.24) is 10.2 Å². The second-order valence-corrected chi connectivity index (χ2v) is 7.20. The highest BCUT2D eigenvalue weighted by Gasteiger charge is 2.59. The van der Waals surface area contributed by atoms with Crippen LogP contribution in [-0.4, -0.2) is 29.9 Å². The molecule has 1 heterocycles. The highest BCUT2D eigenvalue weighted by Crippen LogP contribution is 2.59. The minimum Gasteiger partial charge on any atom is -0.335 e. The van der Waals surface area contributed by atoms with Crippen LogP contribution < -0.4 is 5.32 Å². The number of nitrogens with zero attached hydrogens (tertiary/aromatic N) is 1. The lowest BCUT2D eigenvalue weighted by atomic mass is 9.91. The van der Waals surface area contributed by atoms with E-state index in [0.717, 1.165) is 50.8 Å². The van der Waals surface area contributed by atoms with Gasteiger partial charge in [0.25, 0.3) is 0 Å². The monoisotopic (exact) mass is 302 g/mol. The Labute approximate surface area is 130 Å². The van der Waals surface area contributed by atoms with Crippen LogP contribution in [0, 0.1) is 17.2 Å². The first kappa shape index (κ1) is 14.2. The molecule has 1 aromatic rings. The fourth-order valence-corrected chi connectivity index (χ4v) is 3.98. The van der Waals surface area contributed by atoms with Gasteiger partial charge in [0, 0.05) is 18.5 Å². The highest BCUT2D eigenvalue weighted by molar-refractivity contribution is 5.83. The molecule has 1 unspecified atom stereocenters. The van der Waals surface area contributed by atoms with Crippen LogP contribution in [0.3, 0.4) is 0 Å². The molecule has 1 saturated heterocycles. The quantitative estimate of drug-likeness (QED) is 0.927. The van der Waals surface area contributed by atoms with E-state index in [1.807, 2.05) is 11.0 Å². The van der Waals surface area contributed by atoms with Crippen LogP contribution in [0.1, 0.15) is 37.7 Å². The molecule has 4 heteroatoms. The third-order valence-corrected chi connectivity index (χ3v) is 5.60. The molecule has 4 rings (SSSR count). The average molecular weight is 302 g/mol. The van der Waals surface area contributed by atoms with Crippen molar-refractivity contribution in [2.45, 2.75) is 44.7 Å². The van der Waals surface area contributed by atoms with Crippen LogP contribution in [0.15, 0.2) is 24.3 Å². The summed E-state index contributed by atoms with van der Waals surface area (Å²) in [5.74, 6) is 0.305. The lowest BCUT2D eigenvalue weighted by Gasteiger charge is -2.27. The summed E-state index contributed by atoms with van der Waals surface area (Å²) in [6.07, 6.45) is 5.51. The van der Waals surface area contributed by atoms with Gasteiger partial charge >= 0.3 is 0 Å². The van der Waals surface area contributed by atoms with Crippen LogP contribution in [0.5, 0.6) is 0 Å². The van der Waals surface area contributed by atoms with E-state index in [9.17, 15) is 9.18 Å². The summed E-state index contributed by atoms with van der Waals surface area (Å²) in [5.41, 5.74) is 1.18. The van der Waals surface area contributed by atoms with E-state index in [1.54, 1.807) is 12.1 Å². The van der Waals surface area contributed by atoms with E-state index in [0.29, 0.717) is 18.5 Å². The van der Waals surface area contributed by atoms with E-state index in [-0.39, 0.29) is 17.2 Å². The van der Waals surface area contributed by atoms with Crippen molar-refractivity contribution in [3.05, 3.63) is 35.6 Å². The van der Waals surface area contributed by atoms with Crippen molar-refractivity contribution in [3.63, 3.8) is 0 Å². The van der Waals surface area contributed by atoms with Crippen LogP contribution in [0.25, 0.3) is 0 Å². The van der Waals surface area contributed by atoms with Gasteiger partial charge in [-0.25, -0.2) is 4.39 Å². The van der Waals surface area contributed by atoms with Crippen LogP contribution >= 0.6 is 0 Å². The number of halogens is 1. The fourth-order valence-electron chi connectivity index (χ4n) is 3.98. The van der Waals surface area contributed by atoms with Gasteiger partial charge in [-0.15, -0.1) is 0 Å². The smallest absolute Gasteiger partial charge is 0.226 e. The second-order valence-electron chi connectivity index (χ2n) is 7.20. The molecule has 0 bridgehead atoms. The minimum atomic E-state index is -0.220. The van der Waals surface area contributed by atoms with E-state index in [4.69, 9.17) is 0 Å². The number of hydrogen-bond donors (Lipinski definition) is 1. The number of carbonyl (C=O) groups is 1. The summed E-state index contributed by atoms with van der Waals surface area (Å²) >= 11 is 0. The van der Waals surface area contributed by atoms with Gasteiger partial charge in [0.2, 0.25) is 5.91 Å². The first-order valence-electron chi connectivity index (χ1n) is 8.44. The Bertz CT molecular complexity index is 578. The Kier molecular flexibility index (Phi) is 3.44. The summed E-state index contributed by atoms with van der Waals surface area (Å²) in [4.78, 5) is 15.0. The number of piperidine rings is 1. The van der Waals surface area contributed by atoms with Crippen molar-refractivity contribution < 1.29 is 9.18 Å². The highest BCUT2D eigenvalue weighted by atomic mass is 19.1. The van der Waals surface area contributed by atoms with Crippen molar-refractivity contribution in [2.24, 2.45) is 11.3 Å². The Morgan fingerprint density at radius 1 is 1.32 bits per heavy atom. The molecular weight excluding hydrogens is 279 g/mol. The summed E-state index contributed by atoms with van der Waals surface area (Å²) in [7, 11) is 0. The van der Waals surface area contributed by atoms with E-state index < -0.39 is 0 Å². The van der Waals surface area contributed by atoms with Crippen LogP contribution in [-0.2, 0) is 11.3 Å². The molecule has 1 aromatic carbocycles. The van der Waals surface area contributed by atoms with Gasteiger partial charge in [0.05, 0.1) is 0 Å². The van der Waals surface area contributed by atoms with Gasteiger partial charge in [0.1, 0.15) is 5.82 Å². The summed E-state index contributed by atoms with van der Waals surface area (Å²) < 4.78 is 13.4. The molecule has 3 nitrogen and oxygen atoms in total. The molecule has 2 saturated carbocycles. The number of nitrogens with one attached hydrogen (secondary N) is 1. The summed E-state index contributed by atoms with van der Waals surface area (Å²) in [6.45, 7) is 2.64. The first-order valence-corrected chi connectivity index (χ1v) is 8.44. The third kappa shape index (κ3) is 2.65. The van der Waals surface area contributed by atoms with Gasteiger partial charge in [0.15, 0.2) is 0 Å². The van der Waals surface area contributed by atoms with Crippen molar-refractivity contribution in [1.29, 1.82) is 0 Å². The lowest BCUT2D eigenvalue weighted by Crippen LogP contribution is -2.37. The molecule has 1 N–H and O–H groups in total. The third-order valence-electron chi connectivity index (χ3n) is 5.60. The molecule has 1 aliphatic heterocycles. The molecule has 2 aliphatic carbocycles. The number of amides is 1. The molecule has 22 heavy (non-hydrogen) atoms. The number of benzene rings is 1. The number of carbonyl (C=O) groups excluding carboxylic acids is 1. The van der Waals surface area contributed by atoms with E-state index in [1.165, 1.54) is 6.07 Å². The molecule has 1 spiro atoms. The maximum absolute atomic E-state index is 13.4. The maximum atomic E-state index is 13.4. The molecule has 118 valence electrons. The zero-order valence-electron chi connectivity index (χ0n) is 12.9. The van der Waals surface area contributed by atoms with Gasteiger partial charge in [-0.3, -0.25) is 4.79 Å². The molecule has 0 aromatic heterocycles. The Morgan fingerprint density at radius 3 is 2.77 bits per heavy atom. The minimum absolute atomic E-state index is 0.212. The van der Waals surface area contributed by atoms with E-state index >= 15 is 0 Å². The zero-order chi connectivity index (χ0) is 15.2.